The van der Waals surface area contributed by atoms with Crippen molar-refractivity contribution in [3.63, 3.8) is 0 Å². The SMILES string of the molecule is CCCCCC(CCC)CCc1ccn(C)n1. The number of aromatic nitrogens is 2. The van der Waals surface area contributed by atoms with Crippen LogP contribution in [-0.4, -0.2) is 9.78 Å². The lowest BCUT2D eigenvalue weighted by Crippen LogP contribution is -2.03. The van der Waals surface area contributed by atoms with E-state index >= 15 is 0 Å². The second-order valence-corrected chi connectivity index (χ2v) is 5.17. The van der Waals surface area contributed by atoms with Crippen molar-refractivity contribution in [3.05, 3.63) is 18.0 Å². The van der Waals surface area contributed by atoms with Crippen LogP contribution in [0.1, 0.15) is 64.5 Å². The van der Waals surface area contributed by atoms with E-state index in [-0.39, 0.29) is 0 Å². The van der Waals surface area contributed by atoms with Crippen LogP contribution >= 0.6 is 0 Å². The highest BCUT2D eigenvalue weighted by Crippen LogP contribution is 2.21. The van der Waals surface area contributed by atoms with E-state index in [2.05, 4.69) is 25.0 Å². The van der Waals surface area contributed by atoms with Gasteiger partial charge in [0.1, 0.15) is 0 Å². The van der Waals surface area contributed by atoms with E-state index in [1.54, 1.807) is 0 Å². The third-order valence-electron chi connectivity index (χ3n) is 3.49. The van der Waals surface area contributed by atoms with Gasteiger partial charge in [-0.1, -0.05) is 52.4 Å². The number of rotatable bonds is 9. The smallest absolute Gasteiger partial charge is 0.0624 e. The Labute approximate surface area is 106 Å². The van der Waals surface area contributed by atoms with Crippen LogP contribution in [0.2, 0.25) is 0 Å². The monoisotopic (exact) mass is 236 g/mol. The molecule has 0 saturated heterocycles. The van der Waals surface area contributed by atoms with Gasteiger partial charge in [-0.05, 0) is 24.8 Å². The van der Waals surface area contributed by atoms with Gasteiger partial charge in [0.15, 0.2) is 0 Å². The Balaban J connectivity index is 2.27. The molecule has 1 heterocycles. The summed E-state index contributed by atoms with van der Waals surface area (Å²) in [6.45, 7) is 4.58. The van der Waals surface area contributed by atoms with Crippen LogP contribution < -0.4 is 0 Å². The molecule has 0 aliphatic heterocycles. The summed E-state index contributed by atoms with van der Waals surface area (Å²) in [5.74, 6) is 0.911. The third-order valence-corrected chi connectivity index (χ3v) is 3.49. The lowest BCUT2D eigenvalue weighted by molar-refractivity contribution is 0.396. The largest absolute Gasteiger partial charge is 0.276 e. The first-order chi connectivity index (χ1) is 8.26. The molecule has 98 valence electrons. The van der Waals surface area contributed by atoms with Gasteiger partial charge in [0.05, 0.1) is 5.69 Å². The van der Waals surface area contributed by atoms with Gasteiger partial charge in [-0.2, -0.15) is 5.10 Å². The molecular weight excluding hydrogens is 208 g/mol. The van der Waals surface area contributed by atoms with Crippen LogP contribution in [0.5, 0.6) is 0 Å². The summed E-state index contributed by atoms with van der Waals surface area (Å²) in [6.07, 6.45) is 12.8. The minimum absolute atomic E-state index is 0.911. The highest BCUT2D eigenvalue weighted by atomic mass is 15.2. The molecule has 0 spiro atoms. The van der Waals surface area contributed by atoms with Crippen molar-refractivity contribution < 1.29 is 0 Å². The molecule has 0 fully saturated rings. The average Bonchev–Trinajstić information content (AvgIpc) is 2.72. The fourth-order valence-corrected chi connectivity index (χ4v) is 2.47. The van der Waals surface area contributed by atoms with E-state index in [1.807, 2.05) is 17.9 Å². The topological polar surface area (TPSA) is 17.8 Å². The second-order valence-electron chi connectivity index (χ2n) is 5.17. The summed E-state index contributed by atoms with van der Waals surface area (Å²) < 4.78 is 1.90. The summed E-state index contributed by atoms with van der Waals surface area (Å²) in [4.78, 5) is 0. The lowest BCUT2D eigenvalue weighted by atomic mass is 9.91. The number of unbranched alkanes of at least 4 members (excludes halogenated alkanes) is 2. The van der Waals surface area contributed by atoms with Gasteiger partial charge < -0.3 is 0 Å². The average molecular weight is 236 g/mol. The molecule has 0 saturated carbocycles. The number of aryl methyl sites for hydroxylation is 2. The van der Waals surface area contributed by atoms with Crippen molar-refractivity contribution in [2.75, 3.05) is 0 Å². The summed E-state index contributed by atoms with van der Waals surface area (Å²) in [5.41, 5.74) is 1.25. The van der Waals surface area contributed by atoms with Gasteiger partial charge in [0.25, 0.3) is 0 Å². The van der Waals surface area contributed by atoms with Crippen molar-refractivity contribution >= 4 is 0 Å². The van der Waals surface area contributed by atoms with Crippen LogP contribution in [0.3, 0.4) is 0 Å². The van der Waals surface area contributed by atoms with E-state index in [0.717, 1.165) is 12.3 Å². The van der Waals surface area contributed by atoms with Crippen LogP contribution in [-0.2, 0) is 13.5 Å². The molecule has 0 N–H and O–H groups in total. The molecule has 1 aromatic rings. The Bertz CT molecular complexity index is 291. The van der Waals surface area contributed by atoms with Crippen LogP contribution in [0.25, 0.3) is 0 Å². The maximum absolute atomic E-state index is 4.46. The zero-order valence-corrected chi connectivity index (χ0v) is 11.8. The molecule has 2 heteroatoms. The van der Waals surface area contributed by atoms with E-state index in [9.17, 15) is 0 Å². The molecule has 1 aromatic heterocycles. The molecule has 1 unspecified atom stereocenters. The summed E-state index contributed by atoms with van der Waals surface area (Å²) >= 11 is 0. The molecule has 2 nitrogen and oxygen atoms in total. The normalized spacial score (nSPS) is 12.9. The van der Waals surface area contributed by atoms with E-state index < -0.39 is 0 Å². The molecule has 0 radical (unpaired) electrons. The molecule has 17 heavy (non-hydrogen) atoms. The Kier molecular flexibility index (Phi) is 6.99. The fraction of sp³-hybridized carbons (Fsp3) is 0.800. The molecule has 0 aliphatic rings. The zero-order chi connectivity index (χ0) is 12.5. The van der Waals surface area contributed by atoms with E-state index in [0.29, 0.717) is 0 Å². The summed E-state index contributed by atoms with van der Waals surface area (Å²) in [5, 5.41) is 4.46. The summed E-state index contributed by atoms with van der Waals surface area (Å²) in [7, 11) is 1.99. The predicted octanol–water partition coefficient (Wildman–Crippen LogP) is 4.35. The number of hydrogen-bond acceptors (Lipinski definition) is 1. The standard InChI is InChI=1S/C15H28N2/c1-4-6-7-9-14(8-5-2)10-11-15-12-13-17(3)16-15/h12-14H,4-11H2,1-3H3. The van der Waals surface area contributed by atoms with Gasteiger partial charge in [-0.15, -0.1) is 0 Å². The van der Waals surface area contributed by atoms with E-state index in [4.69, 9.17) is 0 Å². The Morgan fingerprint density at radius 1 is 1.12 bits per heavy atom. The van der Waals surface area contributed by atoms with Gasteiger partial charge in [0.2, 0.25) is 0 Å². The van der Waals surface area contributed by atoms with Gasteiger partial charge in [-0.25, -0.2) is 0 Å². The van der Waals surface area contributed by atoms with Gasteiger partial charge >= 0.3 is 0 Å². The van der Waals surface area contributed by atoms with Crippen molar-refractivity contribution in [2.24, 2.45) is 13.0 Å². The number of nitrogens with zero attached hydrogens (tertiary/aromatic N) is 2. The zero-order valence-electron chi connectivity index (χ0n) is 11.8. The first kappa shape index (κ1) is 14.3. The Hall–Kier alpha value is -0.790. The summed E-state index contributed by atoms with van der Waals surface area (Å²) in [6, 6.07) is 2.15. The number of hydrogen-bond donors (Lipinski definition) is 0. The molecular formula is C15H28N2. The van der Waals surface area contributed by atoms with Crippen molar-refractivity contribution in [1.29, 1.82) is 0 Å². The lowest BCUT2D eigenvalue weighted by Gasteiger charge is -2.15. The minimum atomic E-state index is 0.911. The van der Waals surface area contributed by atoms with Gasteiger partial charge in [-0.3, -0.25) is 4.68 Å². The maximum atomic E-state index is 4.46. The van der Waals surface area contributed by atoms with Crippen LogP contribution in [0.4, 0.5) is 0 Å². The minimum Gasteiger partial charge on any atom is -0.276 e. The van der Waals surface area contributed by atoms with Crippen LogP contribution in [0, 0.1) is 5.92 Å². The Morgan fingerprint density at radius 3 is 2.53 bits per heavy atom. The molecule has 0 aliphatic carbocycles. The van der Waals surface area contributed by atoms with E-state index in [1.165, 1.54) is 50.6 Å². The first-order valence-electron chi connectivity index (χ1n) is 7.24. The molecule has 1 rings (SSSR count). The maximum Gasteiger partial charge on any atom is 0.0624 e. The quantitative estimate of drug-likeness (QED) is 0.583. The van der Waals surface area contributed by atoms with Crippen molar-refractivity contribution in [2.45, 2.75) is 65.2 Å². The molecule has 1 atom stereocenters. The molecule has 0 aromatic carbocycles. The third kappa shape index (κ3) is 5.90. The first-order valence-corrected chi connectivity index (χ1v) is 7.24. The van der Waals surface area contributed by atoms with Gasteiger partial charge in [0, 0.05) is 13.2 Å². The second kappa shape index (κ2) is 8.32. The fourth-order valence-electron chi connectivity index (χ4n) is 2.47. The Morgan fingerprint density at radius 2 is 1.94 bits per heavy atom. The predicted molar refractivity (Wildman–Crippen MR) is 74.1 cm³/mol. The highest BCUT2D eigenvalue weighted by Gasteiger charge is 2.08. The molecule has 0 bridgehead atoms. The highest BCUT2D eigenvalue weighted by molar-refractivity contribution is 4.98. The van der Waals surface area contributed by atoms with Crippen molar-refractivity contribution in [3.8, 4) is 0 Å². The molecule has 0 amide bonds. The van der Waals surface area contributed by atoms with Crippen LogP contribution in [0.15, 0.2) is 12.3 Å². The van der Waals surface area contributed by atoms with Crippen molar-refractivity contribution in [1.82, 2.24) is 9.78 Å².